The van der Waals surface area contributed by atoms with Gasteiger partial charge in [-0.05, 0) is 48.4 Å². The van der Waals surface area contributed by atoms with Gasteiger partial charge in [0.15, 0.2) is 0 Å². The lowest BCUT2D eigenvalue weighted by atomic mass is 10.1. The van der Waals surface area contributed by atoms with Crippen molar-refractivity contribution < 1.29 is 4.79 Å². The second-order valence-electron chi connectivity index (χ2n) is 7.20. The zero-order chi connectivity index (χ0) is 25.2. The normalized spacial score (nSPS) is 13.1. The van der Waals surface area contributed by atoms with E-state index >= 15 is 0 Å². The predicted molar refractivity (Wildman–Crippen MR) is 146 cm³/mol. The van der Waals surface area contributed by atoms with Crippen LogP contribution in [0, 0.1) is 0 Å². The van der Waals surface area contributed by atoms with Gasteiger partial charge in [0, 0.05) is 55.4 Å². The number of amides is 1. The molecule has 0 unspecified atom stereocenters. The fourth-order valence-corrected chi connectivity index (χ4v) is 2.89. The highest BCUT2D eigenvalue weighted by atomic mass is 35.5. The number of hydrogen-bond donors (Lipinski definition) is 2. The Hall–Kier alpha value is -3.51. The number of pyridine rings is 1. The lowest BCUT2D eigenvalue weighted by Crippen LogP contribution is -2.23. The molecule has 1 aromatic rings. The van der Waals surface area contributed by atoms with Crippen molar-refractivity contribution in [3.05, 3.63) is 95.0 Å². The molecule has 2 N–H and O–H groups in total. The van der Waals surface area contributed by atoms with E-state index in [1.807, 2.05) is 30.5 Å². The van der Waals surface area contributed by atoms with Crippen LogP contribution < -0.4 is 10.6 Å². The quantitative estimate of drug-likeness (QED) is 0.187. The molecule has 0 atom stereocenters. The Labute approximate surface area is 208 Å². The van der Waals surface area contributed by atoms with E-state index in [4.69, 9.17) is 11.6 Å². The molecule has 7 heteroatoms. The minimum Gasteiger partial charge on any atom is -0.348 e. The number of halogens is 1. The Balaban J connectivity index is 2.77. The molecule has 1 amide bonds. The molecule has 0 spiro atoms. The highest BCUT2D eigenvalue weighted by Crippen LogP contribution is 2.17. The Morgan fingerprint density at radius 2 is 2.06 bits per heavy atom. The highest BCUT2D eigenvalue weighted by molar-refractivity contribution is 6.25. The summed E-state index contributed by atoms with van der Waals surface area (Å²) in [4.78, 5) is 24.9. The van der Waals surface area contributed by atoms with Gasteiger partial charge in [0.25, 0.3) is 5.91 Å². The first-order chi connectivity index (χ1) is 16.5. The van der Waals surface area contributed by atoms with E-state index in [9.17, 15) is 4.79 Å². The summed E-state index contributed by atoms with van der Waals surface area (Å²) in [6.07, 6.45) is 17.3. The van der Waals surface area contributed by atoms with Crippen LogP contribution in [0.15, 0.2) is 99.4 Å². The molecule has 6 nitrogen and oxygen atoms in total. The SMILES string of the molecule is C=N/C(=C\C(=C)C(=O)NCc1ccc(N/C=C/Cl)nc1)CC(=C/CC)/C=C/C=C(\C=N/C)CC. The van der Waals surface area contributed by atoms with E-state index in [1.54, 1.807) is 31.6 Å². The van der Waals surface area contributed by atoms with Crippen molar-refractivity contribution in [2.45, 2.75) is 39.7 Å². The number of hydrogen-bond acceptors (Lipinski definition) is 5. The zero-order valence-corrected chi connectivity index (χ0v) is 21.0. The minimum absolute atomic E-state index is 0.278. The Morgan fingerprint density at radius 1 is 1.26 bits per heavy atom. The van der Waals surface area contributed by atoms with Crippen LogP contribution in [0.1, 0.15) is 38.7 Å². The third kappa shape index (κ3) is 11.4. The summed E-state index contributed by atoms with van der Waals surface area (Å²) < 4.78 is 0. The lowest BCUT2D eigenvalue weighted by Gasteiger charge is -2.08. The van der Waals surface area contributed by atoms with Crippen LogP contribution in [0.2, 0.25) is 0 Å². The first-order valence-corrected chi connectivity index (χ1v) is 11.5. The second kappa shape index (κ2) is 17.0. The predicted octanol–water partition coefficient (Wildman–Crippen LogP) is 6.28. The van der Waals surface area contributed by atoms with Crippen molar-refractivity contribution >= 4 is 36.3 Å². The zero-order valence-electron chi connectivity index (χ0n) is 20.2. The summed E-state index contributed by atoms with van der Waals surface area (Å²) in [6.45, 7) is 12.0. The molecule has 1 heterocycles. The number of aromatic nitrogens is 1. The van der Waals surface area contributed by atoms with E-state index in [2.05, 4.69) is 58.8 Å². The van der Waals surface area contributed by atoms with Gasteiger partial charge in [-0.15, -0.1) is 0 Å². The van der Waals surface area contributed by atoms with E-state index < -0.39 is 0 Å². The summed E-state index contributed by atoms with van der Waals surface area (Å²) in [5.41, 5.74) is 5.43. The molecule has 1 rings (SSSR count). The fourth-order valence-electron chi connectivity index (χ4n) is 2.83. The van der Waals surface area contributed by atoms with Gasteiger partial charge in [0.1, 0.15) is 5.82 Å². The van der Waals surface area contributed by atoms with Crippen molar-refractivity contribution in [2.75, 3.05) is 12.4 Å². The molecule has 0 bridgehead atoms. The number of nitrogens with one attached hydrogen (secondary N) is 2. The number of rotatable bonds is 14. The van der Waals surface area contributed by atoms with Crippen LogP contribution in [-0.2, 0) is 11.3 Å². The first-order valence-electron chi connectivity index (χ1n) is 11.1. The van der Waals surface area contributed by atoms with Crippen molar-refractivity contribution in [1.82, 2.24) is 10.3 Å². The van der Waals surface area contributed by atoms with Crippen molar-refractivity contribution in [3.8, 4) is 0 Å². The van der Waals surface area contributed by atoms with Gasteiger partial charge in [-0.25, -0.2) is 4.98 Å². The van der Waals surface area contributed by atoms with Gasteiger partial charge in [-0.2, -0.15) is 0 Å². The molecule has 0 aromatic carbocycles. The van der Waals surface area contributed by atoms with E-state index in [-0.39, 0.29) is 5.91 Å². The molecule has 180 valence electrons. The maximum atomic E-state index is 12.5. The van der Waals surface area contributed by atoms with Gasteiger partial charge >= 0.3 is 0 Å². The molecule has 0 aliphatic carbocycles. The van der Waals surface area contributed by atoms with Crippen LogP contribution in [0.3, 0.4) is 0 Å². The summed E-state index contributed by atoms with van der Waals surface area (Å²) in [6, 6.07) is 3.67. The van der Waals surface area contributed by atoms with Gasteiger partial charge in [0.2, 0.25) is 0 Å². The van der Waals surface area contributed by atoms with E-state index in [0.29, 0.717) is 30.1 Å². The monoisotopic (exact) mass is 479 g/mol. The van der Waals surface area contributed by atoms with Gasteiger partial charge in [-0.1, -0.05) is 62.4 Å². The molecule has 0 radical (unpaired) electrons. The van der Waals surface area contributed by atoms with Crippen LogP contribution in [0.4, 0.5) is 5.82 Å². The van der Waals surface area contributed by atoms with Crippen LogP contribution in [0.25, 0.3) is 0 Å². The molecular formula is C27H34ClN5O. The number of nitrogens with zero attached hydrogens (tertiary/aromatic N) is 3. The number of allylic oxidation sites excluding steroid dienone is 6. The third-order valence-corrected chi connectivity index (χ3v) is 4.71. The smallest absolute Gasteiger partial charge is 0.251 e. The average molecular weight is 480 g/mol. The molecule has 0 aliphatic heterocycles. The maximum absolute atomic E-state index is 12.5. The molecule has 0 saturated heterocycles. The van der Waals surface area contributed by atoms with E-state index in [0.717, 1.165) is 29.6 Å². The Bertz CT molecular complexity index is 998. The summed E-state index contributed by atoms with van der Waals surface area (Å²) in [5, 5.41) is 5.76. The second-order valence-corrected chi connectivity index (χ2v) is 7.45. The lowest BCUT2D eigenvalue weighted by molar-refractivity contribution is -0.117. The van der Waals surface area contributed by atoms with Gasteiger partial charge < -0.3 is 10.6 Å². The van der Waals surface area contributed by atoms with Gasteiger partial charge in [0.05, 0.1) is 0 Å². The van der Waals surface area contributed by atoms with Crippen molar-refractivity contribution in [1.29, 1.82) is 0 Å². The van der Waals surface area contributed by atoms with Crippen LogP contribution in [0.5, 0.6) is 0 Å². The standard InChI is InChI=1S/C27H34ClN5O/c1-6-9-23(11-8-10-22(7-2)18-29-4)17-25(30-5)16-21(3)27(34)33-20-24-12-13-26(32-19-24)31-15-14-28/h8-16,18-19H,3,5-7,17,20H2,1-2,4H3,(H,31,32)(H,33,34)/b11-8+,15-14+,22-10-,23-9+,25-16-,29-18-. The summed E-state index contributed by atoms with van der Waals surface area (Å²) in [7, 11) is 1.76. The number of carbonyl (C=O) groups is 1. The fraction of sp³-hybridized carbons (Fsp3) is 0.259. The number of aliphatic imine (C=N–C) groups is 2. The number of carbonyl (C=O) groups excluding carboxylic acids is 1. The molecule has 0 aliphatic rings. The van der Waals surface area contributed by atoms with Crippen molar-refractivity contribution in [3.63, 3.8) is 0 Å². The highest BCUT2D eigenvalue weighted by Gasteiger charge is 2.07. The molecule has 34 heavy (non-hydrogen) atoms. The topological polar surface area (TPSA) is 78.7 Å². The number of anilines is 1. The summed E-state index contributed by atoms with van der Waals surface area (Å²) in [5.74, 6) is 0.380. The molecule has 0 saturated carbocycles. The molecule has 1 aromatic heterocycles. The average Bonchev–Trinajstić information content (AvgIpc) is 2.85. The van der Waals surface area contributed by atoms with Crippen molar-refractivity contribution in [2.24, 2.45) is 9.98 Å². The van der Waals surface area contributed by atoms with Gasteiger partial charge in [-0.3, -0.25) is 14.8 Å². The maximum Gasteiger partial charge on any atom is 0.251 e. The largest absolute Gasteiger partial charge is 0.348 e. The molecular weight excluding hydrogens is 446 g/mol. The summed E-state index contributed by atoms with van der Waals surface area (Å²) >= 11 is 5.48. The van der Waals surface area contributed by atoms with Crippen LogP contribution >= 0.6 is 11.6 Å². The Morgan fingerprint density at radius 3 is 2.65 bits per heavy atom. The Kier molecular flexibility index (Phi) is 14.3. The van der Waals surface area contributed by atoms with E-state index in [1.165, 1.54) is 5.54 Å². The first kappa shape index (κ1) is 28.5. The minimum atomic E-state index is -0.278. The third-order valence-electron chi connectivity index (χ3n) is 4.58. The van der Waals surface area contributed by atoms with Crippen LogP contribution in [-0.4, -0.2) is 30.9 Å². The molecule has 0 fully saturated rings.